The van der Waals surface area contributed by atoms with Crippen LogP contribution >= 0.6 is 0 Å². The summed E-state index contributed by atoms with van der Waals surface area (Å²) in [7, 11) is 0. The minimum Gasteiger partial charge on any atom is -0.382 e. The van der Waals surface area contributed by atoms with E-state index in [1.807, 2.05) is 24.3 Å². The number of hydrogen-bond acceptors (Lipinski definition) is 7. The highest BCUT2D eigenvalue weighted by Crippen LogP contribution is 2.29. The van der Waals surface area contributed by atoms with E-state index in [0.717, 1.165) is 31.9 Å². The number of nitrogens with zero attached hydrogens (tertiary/aromatic N) is 3. The highest BCUT2D eigenvalue weighted by molar-refractivity contribution is 6.12. The molecule has 0 atom stereocenters. The average molecular weight is 416 g/mol. The van der Waals surface area contributed by atoms with Crippen LogP contribution in [0.2, 0.25) is 0 Å². The van der Waals surface area contributed by atoms with E-state index < -0.39 is 5.91 Å². The van der Waals surface area contributed by atoms with Crippen LogP contribution in [-0.2, 0) is 0 Å². The van der Waals surface area contributed by atoms with Gasteiger partial charge in [-0.05, 0) is 25.1 Å². The topological polar surface area (TPSA) is 113 Å². The van der Waals surface area contributed by atoms with Crippen molar-refractivity contribution in [1.82, 2.24) is 15.3 Å². The minimum atomic E-state index is -0.464. The molecule has 1 saturated heterocycles. The lowest BCUT2D eigenvalue weighted by molar-refractivity contribution is 0.101. The SMILES string of the molecule is Cc1cnc(N)c(C(=O)Nc2cc(C(=O)c3ccccc3)ccc2N2CCNCC2)n1. The van der Waals surface area contributed by atoms with Crippen LogP contribution in [0.3, 0.4) is 0 Å². The standard InChI is InChI=1S/C23H24N6O2/c1-15-14-26-22(24)20(27-15)23(31)28-18-13-17(21(30)16-5-3-2-4-6-16)7-8-19(18)29-11-9-25-10-12-29/h2-8,13-14,25H,9-12H2,1H3,(H2,24,26)(H,28,31). The third kappa shape index (κ3) is 4.54. The lowest BCUT2D eigenvalue weighted by atomic mass is 10.0. The molecule has 0 aliphatic carbocycles. The van der Waals surface area contributed by atoms with Gasteiger partial charge in [0.25, 0.3) is 5.91 Å². The van der Waals surface area contributed by atoms with E-state index in [4.69, 9.17) is 5.73 Å². The Morgan fingerprint density at radius 2 is 1.81 bits per heavy atom. The van der Waals surface area contributed by atoms with Crippen LogP contribution in [0.1, 0.15) is 32.1 Å². The summed E-state index contributed by atoms with van der Waals surface area (Å²) in [6, 6.07) is 14.4. The first-order valence-electron chi connectivity index (χ1n) is 10.1. The van der Waals surface area contributed by atoms with Crippen LogP contribution in [0.4, 0.5) is 17.2 Å². The van der Waals surface area contributed by atoms with Crippen molar-refractivity contribution >= 4 is 28.9 Å². The molecule has 0 bridgehead atoms. The molecule has 0 radical (unpaired) electrons. The molecule has 0 unspecified atom stereocenters. The maximum absolute atomic E-state index is 13.0. The number of anilines is 3. The molecule has 4 rings (SSSR count). The Morgan fingerprint density at radius 1 is 1.06 bits per heavy atom. The van der Waals surface area contributed by atoms with Gasteiger partial charge >= 0.3 is 0 Å². The zero-order valence-electron chi connectivity index (χ0n) is 17.3. The fourth-order valence-corrected chi connectivity index (χ4v) is 3.55. The third-order valence-electron chi connectivity index (χ3n) is 5.14. The molecule has 3 aromatic rings. The van der Waals surface area contributed by atoms with Crippen molar-refractivity contribution in [3.8, 4) is 0 Å². The van der Waals surface area contributed by atoms with Gasteiger partial charge in [-0.2, -0.15) is 0 Å². The molecule has 0 spiro atoms. The first-order valence-corrected chi connectivity index (χ1v) is 10.1. The first kappa shape index (κ1) is 20.5. The fraction of sp³-hybridized carbons (Fsp3) is 0.217. The molecule has 1 aliphatic rings. The average Bonchev–Trinajstić information content (AvgIpc) is 2.81. The van der Waals surface area contributed by atoms with E-state index >= 15 is 0 Å². The van der Waals surface area contributed by atoms with Crippen molar-refractivity contribution < 1.29 is 9.59 Å². The Hall–Kier alpha value is -3.78. The summed E-state index contributed by atoms with van der Waals surface area (Å²) < 4.78 is 0. The van der Waals surface area contributed by atoms with E-state index in [9.17, 15) is 9.59 Å². The highest BCUT2D eigenvalue weighted by atomic mass is 16.2. The van der Waals surface area contributed by atoms with E-state index in [0.29, 0.717) is 22.5 Å². The number of ketones is 1. The molecule has 1 fully saturated rings. The van der Waals surface area contributed by atoms with Gasteiger partial charge in [0, 0.05) is 37.3 Å². The van der Waals surface area contributed by atoms with Crippen LogP contribution in [0.25, 0.3) is 0 Å². The molecule has 2 heterocycles. The second-order valence-corrected chi connectivity index (χ2v) is 7.36. The predicted octanol–water partition coefficient (Wildman–Crippen LogP) is 2.26. The Bertz CT molecular complexity index is 1110. The lowest BCUT2D eigenvalue weighted by Crippen LogP contribution is -2.43. The molecule has 158 valence electrons. The van der Waals surface area contributed by atoms with Gasteiger partial charge in [0.05, 0.1) is 23.3 Å². The number of hydrogen-bond donors (Lipinski definition) is 3. The predicted molar refractivity (Wildman–Crippen MR) is 121 cm³/mol. The number of nitrogens with one attached hydrogen (secondary N) is 2. The molecule has 1 aliphatic heterocycles. The van der Waals surface area contributed by atoms with Gasteiger partial charge in [-0.25, -0.2) is 9.97 Å². The molecule has 1 amide bonds. The maximum Gasteiger partial charge on any atom is 0.278 e. The number of nitrogens with two attached hydrogens (primary N) is 1. The van der Waals surface area contributed by atoms with Crippen LogP contribution < -0.4 is 21.3 Å². The molecular formula is C23H24N6O2. The second-order valence-electron chi connectivity index (χ2n) is 7.36. The number of piperazine rings is 1. The minimum absolute atomic E-state index is 0.0586. The van der Waals surface area contributed by atoms with Crippen LogP contribution in [0, 0.1) is 6.92 Å². The van der Waals surface area contributed by atoms with Crippen LogP contribution in [0.15, 0.2) is 54.7 Å². The van der Waals surface area contributed by atoms with Crippen molar-refractivity contribution in [3.63, 3.8) is 0 Å². The van der Waals surface area contributed by atoms with Crippen molar-refractivity contribution in [2.45, 2.75) is 6.92 Å². The number of nitrogen functional groups attached to an aromatic ring is 1. The molecule has 31 heavy (non-hydrogen) atoms. The Morgan fingerprint density at radius 3 is 2.55 bits per heavy atom. The van der Waals surface area contributed by atoms with Crippen molar-refractivity contribution in [2.75, 3.05) is 42.1 Å². The number of benzene rings is 2. The summed E-state index contributed by atoms with van der Waals surface area (Å²) in [5.74, 6) is -0.518. The Labute approximate surface area is 180 Å². The number of aromatic nitrogens is 2. The molecule has 4 N–H and O–H groups in total. The number of aryl methyl sites for hydroxylation is 1. The van der Waals surface area contributed by atoms with E-state index in [1.165, 1.54) is 6.20 Å². The molecule has 8 nitrogen and oxygen atoms in total. The number of rotatable bonds is 5. The van der Waals surface area contributed by atoms with E-state index in [-0.39, 0.29) is 17.3 Å². The van der Waals surface area contributed by atoms with Crippen LogP contribution in [-0.4, -0.2) is 47.8 Å². The first-order chi connectivity index (χ1) is 15.0. The largest absolute Gasteiger partial charge is 0.382 e. The fourth-order valence-electron chi connectivity index (χ4n) is 3.55. The second kappa shape index (κ2) is 8.93. The Kier molecular flexibility index (Phi) is 5.90. The van der Waals surface area contributed by atoms with Gasteiger partial charge in [-0.1, -0.05) is 30.3 Å². The monoisotopic (exact) mass is 416 g/mol. The summed E-state index contributed by atoms with van der Waals surface area (Å²) in [5, 5.41) is 6.22. The van der Waals surface area contributed by atoms with Crippen LogP contribution in [0.5, 0.6) is 0 Å². The number of amides is 1. The molecule has 2 aromatic carbocycles. The maximum atomic E-state index is 13.0. The van der Waals surface area contributed by atoms with Gasteiger partial charge in [0.2, 0.25) is 0 Å². The van der Waals surface area contributed by atoms with Gasteiger partial charge in [0.1, 0.15) is 0 Å². The van der Waals surface area contributed by atoms with Crippen molar-refractivity contribution in [1.29, 1.82) is 0 Å². The van der Waals surface area contributed by atoms with Crippen molar-refractivity contribution in [2.24, 2.45) is 0 Å². The van der Waals surface area contributed by atoms with Crippen molar-refractivity contribution in [3.05, 3.63) is 77.2 Å². The lowest BCUT2D eigenvalue weighted by Gasteiger charge is -2.31. The third-order valence-corrected chi connectivity index (χ3v) is 5.14. The Balaban J connectivity index is 1.70. The van der Waals surface area contributed by atoms with Gasteiger partial charge in [0.15, 0.2) is 17.3 Å². The quantitative estimate of drug-likeness (QED) is 0.547. The number of carbonyl (C=O) groups excluding carboxylic acids is 2. The molecule has 8 heteroatoms. The smallest absolute Gasteiger partial charge is 0.278 e. The normalized spacial score (nSPS) is 13.6. The summed E-state index contributed by atoms with van der Waals surface area (Å²) in [4.78, 5) is 36.3. The molecule has 0 saturated carbocycles. The summed E-state index contributed by atoms with van der Waals surface area (Å²) in [5.41, 5.74) is 8.99. The zero-order valence-corrected chi connectivity index (χ0v) is 17.3. The van der Waals surface area contributed by atoms with Gasteiger partial charge in [-0.15, -0.1) is 0 Å². The number of carbonyl (C=O) groups is 2. The summed E-state index contributed by atoms with van der Waals surface area (Å²) in [6.45, 7) is 5.01. The van der Waals surface area contributed by atoms with E-state index in [1.54, 1.807) is 31.2 Å². The zero-order chi connectivity index (χ0) is 21.8. The molecule has 1 aromatic heterocycles. The highest BCUT2D eigenvalue weighted by Gasteiger charge is 2.21. The van der Waals surface area contributed by atoms with Gasteiger partial charge < -0.3 is 21.3 Å². The summed E-state index contributed by atoms with van der Waals surface area (Å²) >= 11 is 0. The molecular weight excluding hydrogens is 392 g/mol. The summed E-state index contributed by atoms with van der Waals surface area (Å²) in [6.07, 6.45) is 1.51. The van der Waals surface area contributed by atoms with E-state index in [2.05, 4.69) is 25.5 Å². The van der Waals surface area contributed by atoms with Gasteiger partial charge in [-0.3, -0.25) is 9.59 Å².